The van der Waals surface area contributed by atoms with Crippen molar-refractivity contribution in [3.05, 3.63) is 59.4 Å². The summed E-state index contributed by atoms with van der Waals surface area (Å²) in [5, 5.41) is 22.7. The number of hydrogen-bond acceptors (Lipinski definition) is 5. The van der Waals surface area contributed by atoms with Crippen molar-refractivity contribution < 1.29 is 19.1 Å². The van der Waals surface area contributed by atoms with Crippen molar-refractivity contribution in [3.8, 4) is 6.19 Å². The fourth-order valence-electron chi connectivity index (χ4n) is 6.57. The molecule has 1 atom stereocenters. The number of nitriles is 1. The lowest BCUT2D eigenvalue weighted by molar-refractivity contribution is -0.134. The molecule has 45 heavy (non-hydrogen) atoms. The molecule has 2 aromatic carbocycles. The van der Waals surface area contributed by atoms with Gasteiger partial charge in [-0.05, 0) is 66.5 Å². The lowest BCUT2D eigenvalue weighted by Gasteiger charge is -2.44. The van der Waals surface area contributed by atoms with Crippen LogP contribution in [0.5, 0.6) is 0 Å². The molecule has 5 rings (SSSR count). The predicted molar refractivity (Wildman–Crippen MR) is 173 cm³/mol. The number of carboxylic acids is 1. The zero-order valence-electron chi connectivity index (χ0n) is 26.6. The Labute approximate surface area is 265 Å². The van der Waals surface area contributed by atoms with Gasteiger partial charge in [0, 0.05) is 51.9 Å². The molecule has 3 N–H and O–H groups in total. The van der Waals surface area contributed by atoms with E-state index in [4.69, 9.17) is 14.9 Å². The van der Waals surface area contributed by atoms with Gasteiger partial charge in [-0.2, -0.15) is 5.26 Å². The topological polar surface area (TPSA) is 124 Å². The molecule has 3 aliphatic rings. The van der Waals surface area contributed by atoms with Gasteiger partial charge in [0.15, 0.2) is 6.19 Å². The maximum absolute atomic E-state index is 13.6. The number of aliphatic carboxylic acids is 1. The zero-order chi connectivity index (χ0) is 32.3. The van der Waals surface area contributed by atoms with E-state index in [-0.39, 0.29) is 18.0 Å². The number of hydrogen-bond donors (Lipinski definition) is 3. The Morgan fingerprint density at radius 1 is 1.11 bits per heavy atom. The normalized spacial score (nSPS) is 19.2. The van der Waals surface area contributed by atoms with Crippen LogP contribution in [0.3, 0.4) is 0 Å². The molecule has 1 unspecified atom stereocenters. The molecule has 0 spiro atoms. The molecule has 0 radical (unpaired) electrons. The van der Waals surface area contributed by atoms with Gasteiger partial charge in [-0.3, -0.25) is 15.0 Å². The lowest BCUT2D eigenvalue weighted by Crippen LogP contribution is -2.60. The highest BCUT2D eigenvalue weighted by Crippen LogP contribution is 2.31. The smallest absolute Gasteiger partial charge is 0.321 e. The van der Waals surface area contributed by atoms with Crippen molar-refractivity contribution in [1.82, 2.24) is 20.0 Å². The number of halogens is 1. The quantitative estimate of drug-likeness (QED) is 0.168. The molecule has 1 aliphatic carbocycles. The van der Waals surface area contributed by atoms with Gasteiger partial charge in [0.1, 0.15) is 5.82 Å². The summed E-state index contributed by atoms with van der Waals surface area (Å²) < 4.78 is 13.6. The summed E-state index contributed by atoms with van der Waals surface area (Å²) in [6.45, 7) is 9.92. The Morgan fingerprint density at radius 2 is 1.84 bits per heavy atom. The number of fused-ring (bicyclic) bond motifs is 1. The molecular weight excluding hydrogens is 573 g/mol. The average Bonchev–Trinajstić information content (AvgIpc) is 3.01. The monoisotopic (exact) mass is 619 g/mol. The number of urea groups is 1. The van der Waals surface area contributed by atoms with Gasteiger partial charge >= 0.3 is 6.03 Å². The van der Waals surface area contributed by atoms with E-state index in [2.05, 4.69) is 52.6 Å². The van der Waals surface area contributed by atoms with Crippen LogP contribution in [0.25, 0.3) is 0 Å². The second-order valence-electron chi connectivity index (χ2n) is 12.5. The van der Waals surface area contributed by atoms with E-state index in [1.807, 2.05) is 6.07 Å². The van der Waals surface area contributed by atoms with Gasteiger partial charge in [-0.1, -0.05) is 51.3 Å². The number of nitrogens with zero attached hydrogens (tertiary/aromatic N) is 5. The number of carboxylic acid groups (broad SMARTS) is 1. The molecule has 2 heterocycles. The van der Waals surface area contributed by atoms with Crippen molar-refractivity contribution >= 4 is 29.3 Å². The predicted octanol–water partition coefficient (Wildman–Crippen LogP) is 5.79. The summed E-state index contributed by atoms with van der Waals surface area (Å²) in [6.07, 6.45) is 9.86. The third-order valence-electron chi connectivity index (χ3n) is 8.78. The number of carbonyl (C=O) groups excluding carboxylic acids is 1. The first-order chi connectivity index (χ1) is 21.6. The van der Waals surface area contributed by atoms with E-state index in [1.165, 1.54) is 61.9 Å². The molecule has 2 aliphatic heterocycles. The van der Waals surface area contributed by atoms with E-state index in [1.54, 1.807) is 17.0 Å². The van der Waals surface area contributed by atoms with Crippen molar-refractivity contribution in [1.29, 1.82) is 5.26 Å². The van der Waals surface area contributed by atoms with Crippen LogP contribution in [0.1, 0.15) is 64.0 Å². The van der Waals surface area contributed by atoms with Crippen molar-refractivity contribution in [2.45, 2.75) is 71.9 Å². The number of carbonyl (C=O) groups is 2. The van der Waals surface area contributed by atoms with E-state index in [0.717, 1.165) is 38.0 Å². The SMILES string of the molecule is CC(=O)O.CC(C)C1CN(C(=O)Nc2cccc(F)c2)CCN1C(=Nc1cccc2c1CCN(CC1CCCCC1)C2)NC#N. The molecule has 1 saturated carbocycles. The number of piperazine rings is 1. The van der Waals surface area contributed by atoms with Crippen LogP contribution in [-0.2, 0) is 17.8 Å². The maximum atomic E-state index is 13.6. The number of anilines is 1. The third kappa shape index (κ3) is 9.66. The van der Waals surface area contributed by atoms with E-state index >= 15 is 0 Å². The molecule has 0 bridgehead atoms. The van der Waals surface area contributed by atoms with Crippen LogP contribution in [0.2, 0.25) is 0 Å². The molecule has 2 aromatic rings. The van der Waals surface area contributed by atoms with Crippen LogP contribution in [0.15, 0.2) is 47.5 Å². The fraction of sp³-hybridized carbons (Fsp3) is 0.529. The summed E-state index contributed by atoms with van der Waals surface area (Å²) >= 11 is 0. The summed E-state index contributed by atoms with van der Waals surface area (Å²) in [4.78, 5) is 33.5. The highest BCUT2D eigenvalue weighted by atomic mass is 19.1. The van der Waals surface area contributed by atoms with Gasteiger partial charge in [0.25, 0.3) is 5.97 Å². The summed E-state index contributed by atoms with van der Waals surface area (Å²) in [5.41, 5.74) is 3.92. The van der Waals surface area contributed by atoms with Crippen molar-refractivity contribution in [3.63, 3.8) is 0 Å². The first-order valence-corrected chi connectivity index (χ1v) is 16.0. The van der Waals surface area contributed by atoms with Crippen LogP contribution in [-0.4, -0.2) is 76.5 Å². The summed E-state index contributed by atoms with van der Waals surface area (Å²) in [6, 6.07) is 11.9. The minimum absolute atomic E-state index is 0.0490. The maximum Gasteiger partial charge on any atom is 0.321 e. The van der Waals surface area contributed by atoms with Crippen LogP contribution in [0.4, 0.5) is 20.6 Å². The number of amides is 2. The van der Waals surface area contributed by atoms with Gasteiger partial charge in [0.05, 0.1) is 11.7 Å². The lowest BCUT2D eigenvalue weighted by atomic mass is 9.88. The number of nitrogens with one attached hydrogen (secondary N) is 2. The molecular formula is C34H46FN7O3. The average molecular weight is 620 g/mol. The van der Waals surface area contributed by atoms with E-state index in [0.29, 0.717) is 31.3 Å². The first-order valence-electron chi connectivity index (χ1n) is 16.0. The molecule has 242 valence electrons. The number of guanidine groups is 1. The minimum Gasteiger partial charge on any atom is -0.481 e. The molecule has 2 fully saturated rings. The van der Waals surface area contributed by atoms with Crippen LogP contribution in [0, 0.1) is 29.1 Å². The Hall–Kier alpha value is -4.17. The first kappa shape index (κ1) is 33.7. The van der Waals surface area contributed by atoms with E-state index in [9.17, 15) is 14.4 Å². The molecule has 1 saturated heterocycles. The molecule has 0 aromatic heterocycles. The van der Waals surface area contributed by atoms with Crippen LogP contribution >= 0.6 is 0 Å². The highest BCUT2D eigenvalue weighted by Gasteiger charge is 2.34. The Bertz CT molecular complexity index is 1380. The van der Waals surface area contributed by atoms with Gasteiger partial charge < -0.3 is 20.2 Å². The van der Waals surface area contributed by atoms with Crippen molar-refractivity contribution in [2.75, 3.05) is 38.0 Å². The molecule has 10 nitrogen and oxygen atoms in total. The summed E-state index contributed by atoms with van der Waals surface area (Å²) in [5.74, 6) is 0.314. The number of benzene rings is 2. The largest absolute Gasteiger partial charge is 0.481 e. The minimum atomic E-state index is -0.833. The molecule has 2 amide bonds. The zero-order valence-corrected chi connectivity index (χ0v) is 26.6. The second kappa shape index (κ2) is 16.2. The Balaban J connectivity index is 0.00000109. The van der Waals surface area contributed by atoms with E-state index < -0.39 is 11.8 Å². The summed E-state index contributed by atoms with van der Waals surface area (Å²) in [7, 11) is 0. The standard InChI is InChI=1S/C32H42FN7O.C2H4O2/c1-23(2)30-21-39(32(41)36-27-12-7-11-26(33)18-27)16-17-40(30)31(35-22-34)37-29-13-6-10-25-20-38(15-14-28(25)29)19-24-8-4-3-5-9-24;1-2(3)4/h6-7,10-13,18,23-24,30H,3-5,8-9,14-17,19-21H2,1-2H3,(H,35,37)(H,36,41);1H3,(H,3,4). The van der Waals surface area contributed by atoms with Gasteiger partial charge in [-0.25, -0.2) is 14.2 Å². The Morgan fingerprint density at radius 3 is 2.53 bits per heavy atom. The van der Waals surface area contributed by atoms with Crippen molar-refractivity contribution in [2.24, 2.45) is 16.8 Å². The number of aliphatic imine (C=N–C) groups is 1. The number of rotatable bonds is 5. The molecule has 11 heteroatoms. The third-order valence-corrected chi connectivity index (χ3v) is 8.78. The Kier molecular flexibility index (Phi) is 12.2. The highest BCUT2D eigenvalue weighted by molar-refractivity contribution is 5.90. The fourth-order valence-corrected chi connectivity index (χ4v) is 6.57. The second-order valence-corrected chi connectivity index (χ2v) is 12.5. The van der Waals surface area contributed by atoms with Gasteiger partial charge in [0.2, 0.25) is 5.96 Å². The van der Waals surface area contributed by atoms with Crippen LogP contribution < -0.4 is 10.6 Å². The van der Waals surface area contributed by atoms with Gasteiger partial charge in [-0.15, -0.1) is 0 Å².